The van der Waals surface area contributed by atoms with Crippen LogP contribution in [0.5, 0.6) is 0 Å². The summed E-state index contributed by atoms with van der Waals surface area (Å²) >= 11 is 0. The molecule has 7 heteroatoms. The lowest BCUT2D eigenvalue weighted by Crippen LogP contribution is -2.01. The van der Waals surface area contributed by atoms with E-state index in [0.29, 0.717) is 18.3 Å². The van der Waals surface area contributed by atoms with E-state index in [2.05, 4.69) is 20.1 Å². The molecule has 0 radical (unpaired) electrons. The average molecular weight is 358 g/mol. The Morgan fingerprint density at radius 3 is 2.70 bits per heavy atom. The molecule has 0 amide bonds. The Balaban J connectivity index is 1.49. The smallest absolute Gasteiger partial charge is 0.215 e. The Morgan fingerprint density at radius 1 is 1.04 bits per heavy atom. The van der Waals surface area contributed by atoms with Crippen molar-refractivity contribution < 1.29 is 4.42 Å². The SMILES string of the molecule is Cc1ccc2oc(Cn3ccc4nc(-c5cnn(C)c5C)nc-4c3)nc2c1. The highest BCUT2D eigenvalue weighted by atomic mass is 16.3. The highest BCUT2D eigenvalue weighted by Crippen LogP contribution is 2.26. The Labute approximate surface area is 155 Å². The summed E-state index contributed by atoms with van der Waals surface area (Å²) < 4.78 is 9.69. The van der Waals surface area contributed by atoms with Crippen molar-refractivity contribution in [3.8, 4) is 22.8 Å². The van der Waals surface area contributed by atoms with Crippen molar-refractivity contribution in [1.29, 1.82) is 0 Å². The van der Waals surface area contributed by atoms with Gasteiger partial charge in [-0.25, -0.2) is 15.0 Å². The first-order valence-electron chi connectivity index (χ1n) is 8.75. The second-order valence-electron chi connectivity index (χ2n) is 6.78. The van der Waals surface area contributed by atoms with Gasteiger partial charge in [0.2, 0.25) is 5.89 Å². The number of imidazole rings is 1. The minimum absolute atomic E-state index is 0.539. The van der Waals surface area contributed by atoms with Crippen molar-refractivity contribution in [3.05, 3.63) is 60.0 Å². The number of fused-ring (bicyclic) bond motifs is 2. The van der Waals surface area contributed by atoms with Gasteiger partial charge in [-0.15, -0.1) is 0 Å². The Bertz CT molecular complexity index is 1240. The van der Waals surface area contributed by atoms with E-state index in [9.17, 15) is 0 Å². The van der Waals surface area contributed by atoms with Crippen molar-refractivity contribution in [2.24, 2.45) is 7.05 Å². The summed E-state index contributed by atoms with van der Waals surface area (Å²) in [7, 11) is 1.91. The number of rotatable bonds is 3. The Kier molecular flexibility index (Phi) is 3.36. The Hall–Kier alpha value is -3.48. The minimum atomic E-state index is 0.539. The van der Waals surface area contributed by atoms with Gasteiger partial charge in [-0.1, -0.05) is 6.07 Å². The van der Waals surface area contributed by atoms with Crippen molar-refractivity contribution in [2.75, 3.05) is 0 Å². The van der Waals surface area contributed by atoms with Gasteiger partial charge in [-0.3, -0.25) is 4.68 Å². The van der Waals surface area contributed by atoms with Gasteiger partial charge < -0.3 is 8.98 Å². The van der Waals surface area contributed by atoms with Crippen molar-refractivity contribution in [2.45, 2.75) is 20.4 Å². The normalized spacial score (nSPS) is 11.7. The number of pyridine rings is 1. The van der Waals surface area contributed by atoms with Crippen LogP contribution in [-0.2, 0) is 13.6 Å². The number of aromatic nitrogens is 6. The molecule has 0 N–H and O–H groups in total. The van der Waals surface area contributed by atoms with Crippen LogP contribution in [0.1, 0.15) is 17.1 Å². The van der Waals surface area contributed by atoms with E-state index in [0.717, 1.165) is 33.7 Å². The van der Waals surface area contributed by atoms with Crippen LogP contribution in [0.3, 0.4) is 0 Å². The quantitative estimate of drug-likeness (QED) is 0.493. The summed E-state index contributed by atoms with van der Waals surface area (Å²) in [4.78, 5) is 13.9. The molecule has 0 bridgehead atoms. The second kappa shape index (κ2) is 5.77. The third-order valence-corrected chi connectivity index (χ3v) is 4.81. The number of aryl methyl sites for hydroxylation is 2. The van der Waals surface area contributed by atoms with Crippen LogP contribution in [-0.4, -0.2) is 29.3 Å². The summed E-state index contributed by atoms with van der Waals surface area (Å²) in [5.41, 5.74) is 6.55. The molecule has 5 rings (SSSR count). The van der Waals surface area contributed by atoms with Crippen LogP contribution >= 0.6 is 0 Å². The van der Waals surface area contributed by atoms with Gasteiger partial charge >= 0.3 is 0 Å². The van der Waals surface area contributed by atoms with E-state index in [1.54, 1.807) is 6.20 Å². The largest absolute Gasteiger partial charge is 0.439 e. The standard InChI is InChI=1S/C20H18N6O/c1-12-4-5-18-16(8-12)22-19(27-18)11-26-7-6-15-17(10-26)24-20(23-15)14-9-21-25(3)13(14)2/h4-10H,11H2,1-3H3. The van der Waals surface area contributed by atoms with Gasteiger partial charge in [0, 0.05) is 25.1 Å². The fraction of sp³-hybridized carbons (Fsp3) is 0.200. The van der Waals surface area contributed by atoms with Crippen molar-refractivity contribution in [3.63, 3.8) is 0 Å². The van der Waals surface area contributed by atoms with Gasteiger partial charge in [-0.2, -0.15) is 5.10 Å². The molecule has 3 aromatic rings. The van der Waals surface area contributed by atoms with Gasteiger partial charge in [-0.05, 0) is 37.6 Å². The fourth-order valence-corrected chi connectivity index (χ4v) is 3.20. The van der Waals surface area contributed by atoms with E-state index in [1.807, 2.05) is 66.8 Å². The number of hydrogen-bond acceptors (Lipinski definition) is 5. The predicted octanol–water partition coefficient (Wildman–Crippen LogP) is 3.59. The number of benzene rings is 1. The van der Waals surface area contributed by atoms with Crippen molar-refractivity contribution >= 4 is 11.1 Å². The first kappa shape index (κ1) is 15.7. The molecule has 2 aliphatic rings. The zero-order valence-corrected chi connectivity index (χ0v) is 15.3. The molecule has 7 nitrogen and oxygen atoms in total. The second-order valence-corrected chi connectivity index (χ2v) is 6.78. The predicted molar refractivity (Wildman–Crippen MR) is 101 cm³/mol. The fourth-order valence-electron chi connectivity index (χ4n) is 3.20. The Morgan fingerprint density at radius 2 is 1.89 bits per heavy atom. The van der Waals surface area contributed by atoms with E-state index < -0.39 is 0 Å². The van der Waals surface area contributed by atoms with Crippen LogP contribution in [0.2, 0.25) is 0 Å². The molecule has 27 heavy (non-hydrogen) atoms. The van der Waals surface area contributed by atoms with Crippen LogP contribution in [0.4, 0.5) is 0 Å². The lowest BCUT2D eigenvalue weighted by molar-refractivity contribution is 0.508. The maximum absolute atomic E-state index is 5.85. The van der Waals surface area contributed by atoms with Gasteiger partial charge in [0.25, 0.3) is 0 Å². The molecule has 134 valence electrons. The summed E-state index contributed by atoms with van der Waals surface area (Å²) in [6.07, 6.45) is 5.74. The molecule has 0 spiro atoms. The molecule has 0 saturated heterocycles. The molecule has 2 aliphatic heterocycles. The van der Waals surface area contributed by atoms with Crippen LogP contribution in [0.25, 0.3) is 33.9 Å². The summed E-state index contributed by atoms with van der Waals surface area (Å²) in [5.74, 6) is 1.37. The van der Waals surface area contributed by atoms with E-state index in [1.165, 1.54) is 5.56 Å². The average Bonchev–Trinajstić information content (AvgIpc) is 3.32. The topological polar surface area (TPSA) is 74.6 Å². The monoisotopic (exact) mass is 358 g/mol. The molecule has 0 fully saturated rings. The van der Waals surface area contributed by atoms with E-state index in [-0.39, 0.29) is 0 Å². The molecule has 1 aromatic carbocycles. The first-order chi connectivity index (χ1) is 13.1. The zero-order valence-electron chi connectivity index (χ0n) is 15.3. The maximum Gasteiger partial charge on any atom is 0.215 e. The highest BCUT2D eigenvalue weighted by Gasteiger charge is 2.16. The summed E-state index contributed by atoms with van der Waals surface area (Å²) in [6.45, 7) is 4.60. The summed E-state index contributed by atoms with van der Waals surface area (Å²) in [6, 6.07) is 7.98. The van der Waals surface area contributed by atoms with Crippen LogP contribution in [0, 0.1) is 13.8 Å². The van der Waals surface area contributed by atoms with E-state index in [4.69, 9.17) is 4.42 Å². The molecule has 4 heterocycles. The van der Waals surface area contributed by atoms with E-state index >= 15 is 0 Å². The van der Waals surface area contributed by atoms with Gasteiger partial charge in [0.15, 0.2) is 11.4 Å². The summed E-state index contributed by atoms with van der Waals surface area (Å²) in [5, 5.41) is 4.27. The lowest BCUT2D eigenvalue weighted by Gasteiger charge is -2.04. The maximum atomic E-state index is 5.85. The molecule has 2 aromatic heterocycles. The molecule has 0 unspecified atom stereocenters. The van der Waals surface area contributed by atoms with Crippen LogP contribution in [0.15, 0.2) is 47.3 Å². The third-order valence-electron chi connectivity index (χ3n) is 4.81. The highest BCUT2D eigenvalue weighted by molar-refractivity contribution is 5.73. The zero-order chi connectivity index (χ0) is 18.5. The molecular weight excluding hydrogens is 340 g/mol. The van der Waals surface area contributed by atoms with Crippen molar-refractivity contribution in [1.82, 2.24) is 29.3 Å². The third kappa shape index (κ3) is 2.68. The van der Waals surface area contributed by atoms with Crippen LogP contribution < -0.4 is 0 Å². The van der Waals surface area contributed by atoms with Gasteiger partial charge in [0.05, 0.1) is 24.0 Å². The number of oxazole rings is 1. The number of hydrogen-bond donors (Lipinski definition) is 0. The molecule has 0 aliphatic carbocycles. The van der Waals surface area contributed by atoms with Gasteiger partial charge in [0.1, 0.15) is 11.2 Å². The molecular formula is C20H18N6O. The number of nitrogens with zero attached hydrogens (tertiary/aromatic N) is 6. The first-order valence-corrected chi connectivity index (χ1v) is 8.75. The minimum Gasteiger partial charge on any atom is -0.439 e. The molecule has 0 saturated carbocycles. The molecule has 0 atom stereocenters. The lowest BCUT2D eigenvalue weighted by atomic mass is 10.2.